The third kappa shape index (κ3) is 3.80. The lowest BCUT2D eigenvalue weighted by molar-refractivity contribution is 0.0790. The summed E-state index contributed by atoms with van der Waals surface area (Å²) in [6, 6.07) is 23.1. The Hall–Kier alpha value is -2.87. The molecule has 0 radical (unpaired) electrons. The Morgan fingerprint density at radius 2 is 1.32 bits per heavy atom. The second-order valence-electron chi connectivity index (χ2n) is 6.37. The molecular weight excluding hydrogens is 308 g/mol. The van der Waals surface area contributed by atoms with E-state index < -0.39 is 6.10 Å². The van der Waals surface area contributed by atoms with Gasteiger partial charge in [-0.1, -0.05) is 78.4 Å². The molecule has 2 nitrogen and oxygen atoms in total. The molecule has 3 rings (SSSR count). The van der Waals surface area contributed by atoms with Crippen molar-refractivity contribution in [2.75, 3.05) is 0 Å². The predicted octanol–water partition coefficient (Wildman–Crippen LogP) is 5.61. The molecule has 0 aliphatic rings. The summed E-state index contributed by atoms with van der Waals surface area (Å²) in [7, 11) is 0. The molecular formula is C23H22O2. The van der Waals surface area contributed by atoms with Crippen molar-refractivity contribution >= 4 is 5.78 Å². The molecule has 0 amide bonds. The van der Waals surface area contributed by atoms with Crippen LogP contribution in [-0.4, -0.2) is 5.78 Å². The summed E-state index contributed by atoms with van der Waals surface area (Å²) in [4.78, 5) is 13.1. The molecule has 2 heteroatoms. The van der Waals surface area contributed by atoms with Gasteiger partial charge in [-0.15, -0.1) is 0 Å². The number of hydrogen-bond donors (Lipinski definition) is 0. The second-order valence-corrected chi connectivity index (χ2v) is 6.37. The van der Waals surface area contributed by atoms with Crippen molar-refractivity contribution in [3.63, 3.8) is 0 Å². The number of aryl methyl sites for hydroxylation is 3. The van der Waals surface area contributed by atoms with Crippen molar-refractivity contribution in [3.05, 3.63) is 101 Å². The van der Waals surface area contributed by atoms with E-state index in [1.807, 2.05) is 74.5 Å². The average molecular weight is 330 g/mol. The minimum Gasteiger partial charge on any atom is -0.477 e. The van der Waals surface area contributed by atoms with E-state index in [-0.39, 0.29) is 5.78 Å². The number of benzene rings is 3. The van der Waals surface area contributed by atoms with Crippen LogP contribution >= 0.6 is 0 Å². The highest BCUT2D eigenvalue weighted by Crippen LogP contribution is 2.31. The minimum atomic E-state index is -0.663. The van der Waals surface area contributed by atoms with Crippen molar-refractivity contribution in [1.82, 2.24) is 0 Å². The van der Waals surface area contributed by atoms with Crippen LogP contribution in [0.25, 0.3) is 0 Å². The standard InChI is InChI=1S/C23H22O2/c1-16-14-17(2)22(18(3)15-16)25-23(20-12-8-5-9-13-20)21(24)19-10-6-4-7-11-19/h4-15,23H,1-3H3. The number of ether oxygens (including phenoxy) is 1. The first-order chi connectivity index (χ1) is 12.1. The molecule has 0 fully saturated rings. The molecule has 0 aromatic heterocycles. The van der Waals surface area contributed by atoms with Crippen LogP contribution in [0.5, 0.6) is 5.75 Å². The summed E-state index contributed by atoms with van der Waals surface area (Å²) in [5, 5.41) is 0. The van der Waals surface area contributed by atoms with E-state index in [0.717, 1.165) is 22.4 Å². The predicted molar refractivity (Wildman–Crippen MR) is 101 cm³/mol. The Labute approximate surface area is 149 Å². The Morgan fingerprint density at radius 1 is 0.800 bits per heavy atom. The molecule has 0 spiro atoms. The fourth-order valence-corrected chi connectivity index (χ4v) is 3.13. The molecule has 0 bridgehead atoms. The van der Waals surface area contributed by atoms with Gasteiger partial charge in [0.05, 0.1) is 0 Å². The molecule has 0 saturated carbocycles. The maximum atomic E-state index is 13.1. The SMILES string of the molecule is Cc1cc(C)c(OC(C(=O)c2ccccc2)c2ccccc2)c(C)c1. The number of Topliss-reactive ketones (excluding diaryl/α,β-unsaturated/α-hetero) is 1. The largest absolute Gasteiger partial charge is 0.477 e. The zero-order valence-electron chi connectivity index (χ0n) is 14.8. The zero-order valence-corrected chi connectivity index (χ0v) is 14.8. The van der Waals surface area contributed by atoms with Crippen LogP contribution in [0.15, 0.2) is 72.8 Å². The highest BCUT2D eigenvalue weighted by molar-refractivity contribution is 6.00. The van der Waals surface area contributed by atoms with Crippen LogP contribution in [-0.2, 0) is 0 Å². The summed E-state index contributed by atoms with van der Waals surface area (Å²) in [5.74, 6) is 0.745. The first-order valence-electron chi connectivity index (χ1n) is 8.45. The Morgan fingerprint density at radius 3 is 1.88 bits per heavy atom. The van der Waals surface area contributed by atoms with E-state index in [9.17, 15) is 4.79 Å². The first-order valence-corrected chi connectivity index (χ1v) is 8.45. The van der Waals surface area contributed by atoms with Gasteiger partial charge in [-0.2, -0.15) is 0 Å². The first kappa shape index (κ1) is 17.0. The normalized spacial score (nSPS) is 11.8. The van der Waals surface area contributed by atoms with Gasteiger partial charge in [0, 0.05) is 11.1 Å². The fraction of sp³-hybridized carbons (Fsp3) is 0.174. The van der Waals surface area contributed by atoms with Crippen LogP contribution in [0.1, 0.15) is 38.7 Å². The summed E-state index contributed by atoms with van der Waals surface area (Å²) in [6.45, 7) is 6.10. The van der Waals surface area contributed by atoms with Crippen molar-refractivity contribution < 1.29 is 9.53 Å². The summed E-state index contributed by atoms with van der Waals surface area (Å²) < 4.78 is 6.28. The minimum absolute atomic E-state index is 0.0359. The molecule has 0 saturated heterocycles. The van der Waals surface area contributed by atoms with E-state index in [2.05, 4.69) is 19.1 Å². The van der Waals surface area contributed by atoms with Crippen LogP contribution in [0.3, 0.4) is 0 Å². The van der Waals surface area contributed by atoms with Crippen molar-refractivity contribution in [2.45, 2.75) is 26.9 Å². The Balaban J connectivity index is 2.03. The summed E-state index contributed by atoms with van der Waals surface area (Å²) in [5.41, 5.74) is 4.78. The van der Waals surface area contributed by atoms with Gasteiger partial charge in [-0.3, -0.25) is 4.79 Å². The molecule has 3 aromatic rings. The van der Waals surface area contributed by atoms with E-state index in [1.165, 1.54) is 5.56 Å². The lowest BCUT2D eigenvalue weighted by Crippen LogP contribution is -2.20. The second kappa shape index (κ2) is 7.35. The van der Waals surface area contributed by atoms with Crippen LogP contribution in [0.2, 0.25) is 0 Å². The van der Waals surface area contributed by atoms with E-state index in [0.29, 0.717) is 5.56 Å². The van der Waals surface area contributed by atoms with Crippen molar-refractivity contribution in [1.29, 1.82) is 0 Å². The maximum Gasteiger partial charge on any atom is 0.207 e. The van der Waals surface area contributed by atoms with Crippen molar-refractivity contribution in [2.24, 2.45) is 0 Å². The van der Waals surface area contributed by atoms with Crippen LogP contribution in [0, 0.1) is 20.8 Å². The molecule has 3 aromatic carbocycles. The number of carbonyl (C=O) groups is 1. The molecule has 126 valence electrons. The highest BCUT2D eigenvalue weighted by atomic mass is 16.5. The van der Waals surface area contributed by atoms with Gasteiger partial charge in [0.15, 0.2) is 6.10 Å². The lowest BCUT2D eigenvalue weighted by atomic mass is 9.99. The fourth-order valence-electron chi connectivity index (χ4n) is 3.13. The molecule has 1 atom stereocenters. The van der Waals surface area contributed by atoms with Gasteiger partial charge >= 0.3 is 0 Å². The molecule has 0 heterocycles. The lowest BCUT2D eigenvalue weighted by Gasteiger charge is -2.22. The van der Waals surface area contributed by atoms with Gasteiger partial charge in [-0.25, -0.2) is 0 Å². The average Bonchev–Trinajstić information content (AvgIpc) is 2.62. The number of hydrogen-bond acceptors (Lipinski definition) is 2. The Bertz CT molecular complexity index is 844. The number of carbonyl (C=O) groups excluding carboxylic acids is 1. The monoisotopic (exact) mass is 330 g/mol. The number of rotatable bonds is 5. The molecule has 0 N–H and O–H groups in total. The molecule has 25 heavy (non-hydrogen) atoms. The summed E-state index contributed by atoms with van der Waals surface area (Å²) in [6.07, 6.45) is -0.663. The Kier molecular flexibility index (Phi) is 4.99. The third-order valence-corrected chi connectivity index (χ3v) is 4.24. The quantitative estimate of drug-likeness (QED) is 0.568. The van der Waals surface area contributed by atoms with E-state index in [4.69, 9.17) is 4.74 Å². The smallest absolute Gasteiger partial charge is 0.207 e. The van der Waals surface area contributed by atoms with E-state index >= 15 is 0 Å². The van der Waals surface area contributed by atoms with Gasteiger partial charge in [-0.05, 0) is 31.9 Å². The van der Waals surface area contributed by atoms with Crippen LogP contribution in [0.4, 0.5) is 0 Å². The topological polar surface area (TPSA) is 26.3 Å². The van der Waals surface area contributed by atoms with Gasteiger partial charge in [0.1, 0.15) is 5.75 Å². The molecule has 0 aliphatic heterocycles. The maximum absolute atomic E-state index is 13.1. The third-order valence-electron chi connectivity index (χ3n) is 4.24. The van der Waals surface area contributed by atoms with Gasteiger partial charge in [0.25, 0.3) is 0 Å². The molecule has 0 aliphatic carbocycles. The number of ketones is 1. The van der Waals surface area contributed by atoms with Gasteiger partial charge in [0.2, 0.25) is 5.78 Å². The molecule has 1 unspecified atom stereocenters. The highest BCUT2D eigenvalue weighted by Gasteiger charge is 2.25. The summed E-state index contributed by atoms with van der Waals surface area (Å²) >= 11 is 0. The van der Waals surface area contributed by atoms with Crippen LogP contribution < -0.4 is 4.74 Å². The zero-order chi connectivity index (χ0) is 17.8. The van der Waals surface area contributed by atoms with E-state index in [1.54, 1.807) is 0 Å². The van der Waals surface area contributed by atoms with Crippen molar-refractivity contribution in [3.8, 4) is 5.75 Å². The van der Waals surface area contributed by atoms with Gasteiger partial charge < -0.3 is 4.74 Å².